The highest BCUT2D eigenvalue weighted by atomic mass is 16.5. The van der Waals surface area contributed by atoms with Crippen LogP contribution in [0.5, 0.6) is 5.75 Å². The molecule has 112 valence electrons. The summed E-state index contributed by atoms with van der Waals surface area (Å²) in [6.45, 7) is 0. The number of methoxy groups -OCH3 is 1. The number of nitrogens with zero attached hydrogens (tertiary/aromatic N) is 3. The Kier molecular flexibility index (Phi) is 3.24. The van der Waals surface area contributed by atoms with Gasteiger partial charge in [-0.1, -0.05) is 6.07 Å². The zero-order valence-corrected chi connectivity index (χ0v) is 12.5. The number of hydrogen-bond donors (Lipinski definition) is 1. The van der Waals surface area contributed by atoms with Gasteiger partial charge in [-0.15, -0.1) is 0 Å². The number of ether oxygens (including phenoxy) is 1. The monoisotopic (exact) mass is 302 g/mol. The first-order valence-corrected chi connectivity index (χ1v) is 7.24. The molecule has 3 heterocycles. The Hall–Kier alpha value is -3.21. The normalized spacial score (nSPS) is 10.8. The molecule has 0 saturated carbocycles. The number of benzene rings is 1. The molecule has 0 aliphatic heterocycles. The molecule has 5 heteroatoms. The maximum atomic E-state index is 5.48. The van der Waals surface area contributed by atoms with Crippen molar-refractivity contribution in [3.8, 4) is 28.3 Å². The third-order valence-corrected chi connectivity index (χ3v) is 3.74. The molecule has 0 fully saturated rings. The van der Waals surface area contributed by atoms with Crippen LogP contribution in [0.3, 0.4) is 0 Å². The van der Waals surface area contributed by atoms with Crippen LogP contribution in [0.1, 0.15) is 0 Å². The van der Waals surface area contributed by atoms with Crippen molar-refractivity contribution in [1.82, 2.24) is 19.9 Å². The molecule has 1 aromatic carbocycles. The molecule has 0 spiro atoms. The van der Waals surface area contributed by atoms with Crippen molar-refractivity contribution in [2.24, 2.45) is 0 Å². The van der Waals surface area contributed by atoms with E-state index < -0.39 is 0 Å². The average molecular weight is 302 g/mol. The SMILES string of the molecule is COc1ccc(-c2cc3ncncc3[nH]2)cc1-c1ccccn1. The first-order valence-electron chi connectivity index (χ1n) is 7.24. The molecule has 0 saturated heterocycles. The molecule has 0 aliphatic carbocycles. The molecule has 1 N–H and O–H groups in total. The van der Waals surface area contributed by atoms with Gasteiger partial charge in [0.15, 0.2) is 0 Å². The van der Waals surface area contributed by atoms with Gasteiger partial charge >= 0.3 is 0 Å². The van der Waals surface area contributed by atoms with E-state index in [0.717, 1.165) is 39.3 Å². The van der Waals surface area contributed by atoms with Crippen LogP contribution in [0, 0.1) is 0 Å². The zero-order valence-electron chi connectivity index (χ0n) is 12.5. The van der Waals surface area contributed by atoms with E-state index in [1.54, 1.807) is 25.8 Å². The van der Waals surface area contributed by atoms with Gasteiger partial charge < -0.3 is 9.72 Å². The third-order valence-electron chi connectivity index (χ3n) is 3.74. The van der Waals surface area contributed by atoms with E-state index in [9.17, 15) is 0 Å². The quantitative estimate of drug-likeness (QED) is 0.627. The number of H-pyrrole nitrogens is 1. The molecule has 0 unspecified atom stereocenters. The second-order valence-corrected chi connectivity index (χ2v) is 5.13. The number of fused-ring (bicyclic) bond motifs is 1. The second-order valence-electron chi connectivity index (χ2n) is 5.13. The summed E-state index contributed by atoms with van der Waals surface area (Å²) in [5, 5.41) is 0. The highest BCUT2D eigenvalue weighted by Gasteiger charge is 2.11. The Morgan fingerprint density at radius 1 is 1.04 bits per heavy atom. The predicted octanol–water partition coefficient (Wildman–Crippen LogP) is 3.70. The summed E-state index contributed by atoms with van der Waals surface area (Å²) in [6, 6.07) is 13.9. The smallest absolute Gasteiger partial charge is 0.128 e. The zero-order chi connectivity index (χ0) is 15.6. The number of aromatic nitrogens is 4. The van der Waals surface area contributed by atoms with Gasteiger partial charge in [-0.2, -0.15) is 0 Å². The first kappa shape index (κ1) is 13.5. The minimum Gasteiger partial charge on any atom is -0.496 e. The van der Waals surface area contributed by atoms with Gasteiger partial charge in [-0.05, 0) is 42.0 Å². The molecule has 0 amide bonds. The van der Waals surface area contributed by atoms with Gasteiger partial charge in [0.25, 0.3) is 0 Å². The van der Waals surface area contributed by atoms with Crippen molar-refractivity contribution in [2.45, 2.75) is 0 Å². The fourth-order valence-electron chi connectivity index (χ4n) is 2.62. The minimum absolute atomic E-state index is 0.795. The summed E-state index contributed by atoms with van der Waals surface area (Å²) in [7, 11) is 1.67. The molecular weight excluding hydrogens is 288 g/mol. The van der Waals surface area contributed by atoms with Crippen LogP contribution in [0.15, 0.2) is 61.2 Å². The standard InChI is InChI=1S/C18H14N4O/c1-23-18-6-5-12(8-13(18)14-4-2-3-7-20-14)15-9-16-17(22-15)10-19-11-21-16/h2-11,22H,1H3. The third kappa shape index (κ3) is 2.42. The fourth-order valence-corrected chi connectivity index (χ4v) is 2.62. The van der Waals surface area contributed by atoms with Gasteiger partial charge in [-0.3, -0.25) is 4.98 Å². The molecule has 0 radical (unpaired) electrons. The number of rotatable bonds is 3. The van der Waals surface area contributed by atoms with Crippen LogP contribution in [0.2, 0.25) is 0 Å². The predicted molar refractivity (Wildman–Crippen MR) is 89.1 cm³/mol. The summed E-state index contributed by atoms with van der Waals surface area (Å²) in [5.41, 5.74) is 5.67. The van der Waals surface area contributed by atoms with Gasteiger partial charge in [0, 0.05) is 17.5 Å². The topological polar surface area (TPSA) is 63.7 Å². The lowest BCUT2D eigenvalue weighted by Crippen LogP contribution is -1.91. The molecule has 3 aromatic heterocycles. The van der Waals surface area contributed by atoms with Gasteiger partial charge in [0.1, 0.15) is 12.1 Å². The first-order chi connectivity index (χ1) is 11.3. The number of nitrogens with one attached hydrogen (secondary N) is 1. The Morgan fingerprint density at radius 3 is 2.78 bits per heavy atom. The van der Waals surface area contributed by atoms with Crippen LogP contribution >= 0.6 is 0 Å². The summed E-state index contributed by atoms with van der Waals surface area (Å²) in [6.07, 6.45) is 5.10. The van der Waals surface area contributed by atoms with Crippen molar-refractivity contribution in [3.63, 3.8) is 0 Å². The van der Waals surface area contributed by atoms with E-state index in [4.69, 9.17) is 4.74 Å². The van der Waals surface area contributed by atoms with Crippen molar-refractivity contribution < 1.29 is 4.74 Å². The van der Waals surface area contributed by atoms with Gasteiger partial charge in [0.05, 0.1) is 30.0 Å². The molecule has 0 aliphatic rings. The van der Waals surface area contributed by atoms with E-state index in [-0.39, 0.29) is 0 Å². The molecule has 0 bridgehead atoms. The van der Waals surface area contributed by atoms with Crippen LogP contribution in [-0.4, -0.2) is 27.0 Å². The molecule has 23 heavy (non-hydrogen) atoms. The Balaban J connectivity index is 1.86. The number of aromatic amines is 1. The second kappa shape index (κ2) is 5.53. The van der Waals surface area contributed by atoms with Crippen LogP contribution in [0.25, 0.3) is 33.5 Å². The van der Waals surface area contributed by atoms with E-state index in [0.29, 0.717) is 0 Å². The highest BCUT2D eigenvalue weighted by molar-refractivity contribution is 5.83. The summed E-state index contributed by atoms with van der Waals surface area (Å²) in [4.78, 5) is 16.1. The molecule has 0 atom stereocenters. The summed E-state index contributed by atoms with van der Waals surface area (Å²) >= 11 is 0. The number of hydrogen-bond acceptors (Lipinski definition) is 4. The molecule has 4 aromatic rings. The van der Waals surface area contributed by atoms with Crippen molar-refractivity contribution in [1.29, 1.82) is 0 Å². The van der Waals surface area contributed by atoms with Crippen LogP contribution < -0.4 is 4.74 Å². The lowest BCUT2D eigenvalue weighted by atomic mass is 10.0. The van der Waals surface area contributed by atoms with Crippen molar-refractivity contribution >= 4 is 11.0 Å². The molecule has 4 rings (SSSR count). The van der Waals surface area contributed by atoms with E-state index in [2.05, 4.69) is 26.0 Å². The largest absolute Gasteiger partial charge is 0.496 e. The lowest BCUT2D eigenvalue weighted by Gasteiger charge is -2.09. The van der Waals surface area contributed by atoms with Crippen molar-refractivity contribution in [2.75, 3.05) is 7.11 Å². The summed E-state index contributed by atoms with van der Waals surface area (Å²) in [5.74, 6) is 0.795. The average Bonchev–Trinajstić information content (AvgIpc) is 3.06. The Labute approximate surface area is 133 Å². The highest BCUT2D eigenvalue weighted by Crippen LogP contribution is 2.33. The Bertz CT molecular complexity index is 930. The van der Waals surface area contributed by atoms with E-state index in [1.807, 2.05) is 36.4 Å². The maximum Gasteiger partial charge on any atom is 0.128 e. The van der Waals surface area contributed by atoms with Crippen LogP contribution in [-0.2, 0) is 0 Å². The van der Waals surface area contributed by atoms with Gasteiger partial charge in [-0.25, -0.2) is 9.97 Å². The number of pyridine rings is 1. The van der Waals surface area contributed by atoms with Crippen molar-refractivity contribution in [3.05, 3.63) is 61.2 Å². The van der Waals surface area contributed by atoms with E-state index in [1.165, 1.54) is 0 Å². The van der Waals surface area contributed by atoms with Gasteiger partial charge in [0.2, 0.25) is 0 Å². The Morgan fingerprint density at radius 2 is 2.00 bits per heavy atom. The summed E-state index contributed by atoms with van der Waals surface area (Å²) < 4.78 is 5.48. The lowest BCUT2D eigenvalue weighted by molar-refractivity contribution is 0.416. The van der Waals surface area contributed by atoms with Crippen LogP contribution in [0.4, 0.5) is 0 Å². The van der Waals surface area contributed by atoms with E-state index >= 15 is 0 Å². The molecular formula is C18H14N4O. The molecule has 5 nitrogen and oxygen atoms in total. The fraction of sp³-hybridized carbons (Fsp3) is 0.0556. The maximum absolute atomic E-state index is 5.48. The minimum atomic E-state index is 0.795.